The molecule has 2 fully saturated rings. The number of nitrogens with zero attached hydrogens (tertiary/aromatic N) is 5. The van der Waals surface area contributed by atoms with Crippen LogP contribution in [0, 0.1) is 24.2 Å². The van der Waals surface area contributed by atoms with Crippen LogP contribution in [0.4, 0.5) is 14.6 Å². The van der Waals surface area contributed by atoms with E-state index in [1.165, 1.54) is 6.07 Å². The van der Waals surface area contributed by atoms with Crippen molar-refractivity contribution in [3.63, 3.8) is 0 Å². The number of anilines is 1. The van der Waals surface area contributed by atoms with Crippen LogP contribution in [-0.4, -0.2) is 38.6 Å². The quantitative estimate of drug-likeness (QED) is 0.353. The fourth-order valence-electron chi connectivity index (χ4n) is 6.65. The van der Waals surface area contributed by atoms with Gasteiger partial charge in [0.05, 0.1) is 16.9 Å². The molecule has 222 valence electrons. The van der Waals surface area contributed by atoms with Crippen molar-refractivity contribution in [3.05, 3.63) is 63.2 Å². The van der Waals surface area contributed by atoms with Crippen molar-refractivity contribution in [2.24, 2.45) is 5.92 Å². The van der Waals surface area contributed by atoms with Crippen LogP contribution in [-0.2, 0) is 17.9 Å². The van der Waals surface area contributed by atoms with Crippen molar-refractivity contribution < 1.29 is 8.78 Å². The van der Waals surface area contributed by atoms with Gasteiger partial charge >= 0.3 is 0 Å². The van der Waals surface area contributed by atoms with Crippen molar-refractivity contribution in [1.82, 2.24) is 19.4 Å². The molecular formula is C33H40F2N6O. The summed E-state index contributed by atoms with van der Waals surface area (Å²) in [5.41, 5.74) is 0.903. The van der Waals surface area contributed by atoms with Gasteiger partial charge in [0.2, 0.25) is 0 Å². The lowest BCUT2D eigenvalue weighted by atomic mass is 9.89. The zero-order chi connectivity index (χ0) is 29.6. The number of hydrogen-bond acceptors (Lipinski definition) is 6. The Bertz CT molecular complexity index is 1580. The summed E-state index contributed by atoms with van der Waals surface area (Å²) in [7, 11) is 0. The molecule has 1 unspecified atom stereocenters. The molecule has 3 aromatic rings. The summed E-state index contributed by atoms with van der Waals surface area (Å²) in [5.74, 6) is -1.53. The Labute approximate surface area is 246 Å². The number of aryl methyl sites for hydroxylation is 2. The topological polar surface area (TPSA) is 86.8 Å². The van der Waals surface area contributed by atoms with Gasteiger partial charge in [0.15, 0.2) is 0 Å². The highest BCUT2D eigenvalue weighted by atomic mass is 19.3. The minimum atomic E-state index is -2.90. The van der Waals surface area contributed by atoms with Gasteiger partial charge in [-0.05, 0) is 76.5 Å². The zero-order valence-electron chi connectivity index (χ0n) is 24.8. The van der Waals surface area contributed by atoms with Gasteiger partial charge in [-0.1, -0.05) is 31.0 Å². The van der Waals surface area contributed by atoms with E-state index in [0.29, 0.717) is 66.0 Å². The van der Waals surface area contributed by atoms with Gasteiger partial charge in [0, 0.05) is 49.3 Å². The molecule has 7 rings (SSSR count). The van der Waals surface area contributed by atoms with Gasteiger partial charge in [0.25, 0.3) is 11.5 Å². The normalized spacial score (nSPS) is 27.2. The third-order valence-corrected chi connectivity index (χ3v) is 9.68. The zero-order valence-corrected chi connectivity index (χ0v) is 24.8. The number of benzene rings is 1. The van der Waals surface area contributed by atoms with E-state index in [-0.39, 0.29) is 23.6 Å². The molecule has 1 aliphatic carbocycles. The number of halogens is 2. The van der Waals surface area contributed by atoms with Crippen LogP contribution in [0.2, 0.25) is 0 Å². The Morgan fingerprint density at radius 2 is 1.83 bits per heavy atom. The van der Waals surface area contributed by atoms with Crippen molar-refractivity contribution in [2.75, 3.05) is 18.4 Å². The third-order valence-electron chi connectivity index (χ3n) is 9.68. The highest BCUT2D eigenvalue weighted by Gasteiger charge is 2.47. The van der Waals surface area contributed by atoms with Crippen molar-refractivity contribution in [2.45, 2.75) is 102 Å². The molecule has 3 aliphatic heterocycles. The predicted molar refractivity (Wildman–Crippen MR) is 160 cm³/mol. The van der Waals surface area contributed by atoms with Crippen LogP contribution in [0.25, 0.3) is 11.0 Å². The van der Waals surface area contributed by atoms with Crippen LogP contribution >= 0.6 is 0 Å². The summed E-state index contributed by atoms with van der Waals surface area (Å²) in [4.78, 5) is 25.6. The number of alkyl halides is 2. The maximum absolute atomic E-state index is 15.4. The second-order valence-corrected chi connectivity index (χ2v) is 12.8. The van der Waals surface area contributed by atoms with Crippen LogP contribution < -0.4 is 10.9 Å². The molecular weight excluding hydrogens is 534 g/mol. The summed E-state index contributed by atoms with van der Waals surface area (Å²) < 4.78 is 32.5. The number of fused-ring (bicyclic) bond motifs is 8. The fraction of sp³-hybridized carbons (Fsp3) is 0.576. The summed E-state index contributed by atoms with van der Waals surface area (Å²) in [6, 6.07) is 10.9. The third kappa shape index (κ3) is 5.42. The Hall–Kier alpha value is -3.38. The van der Waals surface area contributed by atoms with Crippen LogP contribution in [0.1, 0.15) is 93.8 Å². The summed E-state index contributed by atoms with van der Waals surface area (Å²) in [6.07, 6.45) is 5.55. The lowest BCUT2D eigenvalue weighted by Crippen LogP contribution is -2.51. The van der Waals surface area contributed by atoms with Crippen LogP contribution in [0.15, 0.2) is 35.1 Å². The Kier molecular flexibility index (Phi) is 7.55. The van der Waals surface area contributed by atoms with Gasteiger partial charge in [-0.25, -0.2) is 18.7 Å². The number of pyridine rings is 1. The average Bonchev–Trinajstić information content (AvgIpc) is 3.73. The lowest BCUT2D eigenvalue weighted by molar-refractivity contribution is -0.0332. The van der Waals surface area contributed by atoms with Gasteiger partial charge < -0.3 is 10.2 Å². The second kappa shape index (κ2) is 11.0. The van der Waals surface area contributed by atoms with E-state index >= 15 is 8.78 Å². The molecule has 7 nitrogen and oxygen atoms in total. The molecule has 1 saturated carbocycles. The molecule has 1 saturated heterocycles. The number of nitrogens with one attached hydrogen (secondary N) is 1. The smallest absolute Gasteiger partial charge is 0.273 e. The minimum Gasteiger partial charge on any atom is -0.363 e. The lowest BCUT2D eigenvalue weighted by Gasteiger charge is -2.44. The van der Waals surface area contributed by atoms with Gasteiger partial charge in [0.1, 0.15) is 17.3 Å². The molecule has 1 N–H and O–H groups in total. The number of nitriles is 1. The van der Waals surface area contributed by atoms with Crippen LogP contribution in [0.5, 0.6) is 0 Å². The van der Waals surface area contributed by atoms with E-state index in [0.717, 1.165) is 44.3 Å². The molecule has 0 amide bonds. The molecule has 0 radical (unpaired) electrons. The summed E-state index contributed by atoms with van der Waals surface area (Å²) in [6.45, 7) is 8.22. The maximum Gasteiger partial charge on any atom is 0.273 e. The van der Waals surface area contributed by atoms with Gasteiger partial charge in [-0.15, -0.1) is 0 Å². The summed E-state index contributed by atoms with van der Waals surface area (Å²) in [5, 5.41) is 14.1. The maximum atomic E-state index is 15.4. The largest absolute Gasteiger partial charge is 0.363 e. The standard InChI is InChI=1S/C33H40F2N6O/c1-21-8-5-4-6-15-41-30-27(17-28(31(41)42)32(20-36)13-14-32)29(38-23(3)39-30)37-22(2)25-9-7-10-26(16-25)33(34,35)12-11-24-18-40(21)19-24/h7,9-10,16-17,21-22,24H,4-6,8,11-15,18-19H2,1-3H3,(H,37,38,39)/t21?,22-/m1/s1. The van der Waals surface area contributed by atoms with Crippen LogP contribution in [0.3, 0.4) is 0 Å². The average molecular weight is 575 g/mol. The minimum absolute atomic E-state index is 0.0358. The van der Waals surface area contributed by atoms with E-state index in [2.05, 4.69) is 23.2 Å². The molecule has 9 heteroatoms. The highest BCUT2D eigenvalue weighted by molar-refractivity contribution is 5.88. The Morgan fingerprint density at radius 3 is 2.57 bits per heavy atom. The molecule has 2 aromatic heterocycles. The summed E-state index contributed by atoms with van der Waals surface area (Å²) >= 11 is 0. The first kappa shape index (κ1) is 28.7. The van der Waals surface area contributed by atoms with Gasteiger partial charge in [-0.3, -0.25) is 9.36 Å². The molecule has 42 heavy (non-hydrogen) atoms. The Morgan fingerprint density at radius 1 is 1.05 bits per heavy atom. The first-order valence-corrected chi connectivity index (χ1v) is 15.4. The second-order valence-electron chi connectivity index (χ2n) is 12.8. The number of hydrogen-bond donors (Lipinski definition) is 1. The predicted octanol–water partition coefficient (Wildman–Crippen LogP) is 6.59. The van der Waals surface area contributed by atoms with E-state index in [1.807, 2.05) is 13.0 Å². The molecule has 8 bridgehead atoms. The molecule has 5 heterocycles. The van der Waals surface area contributed by atoms with E-state index in [4.69, 9.17) is 9.97 Å². The Balaban J connectivity index is 1.42. The first-order chi connectivity index (χ1) is 20.1. The van der Waals surface area contributed by atoms with Crippen molar-refractivity contribution >= 4 is 16.9 Å². The SMILES string of the molecule is Cc1nc2c3cc(C4(C#N)CC4)c(=O)n(c3n1)CCCCCC(C)N1CC(CCC(F)(F)c3cccc(c3)[C@@H](C)N2)C1. The highest BCUT2D eigenvalue weighted by Crippen LogP contribution is 2.47. The fourth-order valence-corrected chi connectivity index (χ4v) is 6.65. The van der Waals surface area contributed by atoms with Crippen molar-refractivity contribution in [1.29, 1.82) is 5.26 Å². The molecule has 1 aromatic carbocycles. The van der Waals surface area contributed by atoms with E-state index in [9.17, 15) is 10.1 Å². The first-order valence-electron chi connectivity index (χ1n) is 15.4. The molecule has 4 aliphatic rings. The van der Waals surface area contributed by atoms with Gasteiger partial charge in [-0.2, -0.15) is 5.26 Å². The molecule has 0 spiro atoms. The van der Waals surface area contributed by atoms with Crippen molar-refractivity contribution in [3.8, 4) is 6.07 Å². The monoisotopic (exact) mass is 574 g/mol. The number of rotatable bonds is 1. The van der Waals surface area contributed by atoms with E-state index in [1.54, 1.807) is 29.7 Å². The molecule has 2 atom stereocenters. The van der Waals surface area contributed by atoms with E-state index < -0.39 is 11.3 Å². The number of aromatic nitrogens is 3.